The number of halogens is 2. The molecule has 2 heterocycles. The summed E-state index contributed by atoms with van der Waals surface area (Å²) in [6.07, 6.45) is 2.81. The van der Waals surface area contributed by atoms with Crippen LogP contribution in [0.5, 0.6) is 23.0 Å². The molecular formula is C28H35F2N5O5. The summed E-state index contributed by atoms with van der Waals surface area (Å²) in [7, 11) is 4.19. The lowest BCUT2D eigenvalue weighted by Crippen LogP contribution is -2.56. The van der Waals surface area contributed by atoms with E-state index in [0.717, 1.165) is 43.6 Å². The highest BCUT2D eigenvalue weighted by atomic mass is 19.1. The fourth-order valence-electron chi connectivity index (χ4n) is 4.47. The first-order valence-corrected chi connectivity index (χ1v) is 12.8. The number of nitrogens with one attached hydrogen (secondary N) is 1. The predicted octanol–water partition coefficient (Wildman–Crippen LogP) is 4.00. The van der Waals surface area contributed by atoms with Gasteiger partial charge in [0.1, 0.15) is 12.4 Å². The van der Waals surface area contributed by atoms with Crippen molar-refractivity contribution >= 4 is 17.3 Å². The zero-order valence-electron chi connectivity index (χ0n) is 23.3. The molecule has 1 saturated heterocycles. The van der Waals surface area contributed by atoms with Crippen molar-refractivity contribution in [1.29, 1.82) is 0 Å². The zero-order chi connectivity index (χ0) is 28.9. The van der Waals surface area contributed by atoms with Crippen LogP contribution >= 0.6 is 0 Å². The van der Waals surface area contributed by atoms with Crippen LogP contribution in [0.1, 0.15) is 19.4 Å². The van der Waals surface area contributed by atoms with Crippen molar-refractivity contribution in [2.45, 2.75) is 26.0 Å². The van der Waals surface area contributed by atoms with Crippen LogP contribution in [0.15, 0.2) is 36.7 Å². The lowest BCUT2D eigenvalue weighted by atomic mass is 10.0. The van der Waals surface area contributed by atoms with E-state index in [-0.39, 0.29) is 35.0 Å². The molecule has 2 aromatic carbocycles. The molecule has 0 saturated carbocycles. The maximum Gasteiger partial charge on any atom is 0.227 e. The largest absolute Gasteiger partial charge is 0.495 e. The van der Waals surface area contributed by atoms with Crippen LogP contribution in [0, 0.1) is 11.6 Å². The van der Waals surface area contributed by atoms with Crippen LogP contribution < -0.4 is 29.2 Å². The highest BCUT2D eigenvalue weighted by molar-refractivity contribution is 5.67. The molecule has 0 atom stereocenters. The van der Waals surface area contributed by atoms with Gasteiger partial charge >= 0.3 is 0 Å². The van der Waals surface area contributed by atoms with Crippen molar-refractivity contribution in [1.82, 2.24) is 14.9 Å². The minimum absolute atomic E-state index is 0.112. The van der Waals surface area contributed by atoms with Crippen LogP contribution in [0.3, 0.4) is 0 Å². The lowest BCUT2D eigenvalue weighted by molar-refractivity contribution is 0.0526. The first kappa shape index (κ1) is 29.1. The SMILES string of the molecule is COc1cc(Nc2ncc(OCc3c(F)c(OC)cc(OC)c3F)cn2)ccc1N1CCN(C(C)(C)CO)CC1. The number of hydrogen-bond donors (Lipinski definition) is 2. The van der Waals surface area contributed by atoms with Crippen LogP contribution in [0.25, 0.3) is 0 Å². The van der Waals surface area contributed by atoms with Gasteiger partial charge in [-0.15, -0.1) is 0 Å². The number of benzene rings is 2. The van der Waals surface area contributed by atoms with Gasteiger partial charge in [-0.3, -0.25) is 4.90 Å². The number of methoxy groups -OCH3 is 3. The quantitative estimate of drug-likeness (QED) is 0.359. The molecule has 0 bridgehead atoms. The number of aromatic nitrogens is 2. The van der Waals surface area contributed by atoms with Gasteiger partial charge in [0.05, 0.1) is 51.6 Å². The molecule has 10 nitrogen and oxygen atoms in total. The minimum Gasteiger partial charge on any atom is -0.495 e. The molecule has 1 aliphatic heterocycles. The van der Waals surface area contributed by atoms with Gasteiger partial charge in [0.15, 0.2) is 28.9 Å². The third-order valence-electron chi connectivity index (χ3n) is 6.98. The van der Waals surface area contributed by atoms with Crippen molar-refractivity contribution in [2.24, 2.45) is 0 Å². The van der Waals surface area contributed by atoms with Gasteiger partial charge in [-0.2, -0.15) is 0 Å². The van der Waals surface area contributed by atoms with E-state index in [2.05, 4.69) is 25.1 Å². The predicted molar refractivity (Wildman–Crippen MR) is 147 cm³/mol. The van der Waals surface area contributed by atoms with Crippen molar-refractivity contribution in [3.05, 3.63) is 53.9 Å². The number of nitrogens with zero attached hydrogens (tertiary/aromatic N) is 4. The Morgan fingerprint density at radius 3 is 2.05 bits per heavy atom. The van der Waals surface area contributed by atoms with E-state index in [4.69, 9.17) is 18.9 Å². The molecule has 12 heteroatoms. The first-order chi connectivity index (χ1) is 19.2. The second-order valence-corrected chi connectivity index (χ2v) is 9.87. The van der Waals surface area contributed by atoms with E-state index in [1.165, 1.54) is 26.6 Å². The summed E-state index contributed by atoms with van der Waals surface area (Å²) in [5.41, 5.74) is 1.12. The Bertz CT molecular complexity index is 1270. The van der Waals surface area contributed by atoms with Gasteiger partial charge in [-0.1, -0.05) is 0 Å². The zero-order valence-corrected chi connectivity index (χ0v) is 23.3. The number of ether oxygens (including phenoxy) is 4. The van der Waals surface area contributed by atoms with E-state index < -0.39 is 18.2 Å². The van der Waals surface area contributed by atoms with Crippen LogP contribution in [-0.2, 0) is 6.61 Å². The summed E-state index contributed by atoms with van der Waals surface area (Å²) in [6, 6.07) is 6.91. The van der Waals surface area contributed by atoms with Gasteiger partial charge in [0.2, 0.25) is 5.95 Å². The molecule has 0 radical (unpaired) electrons. The average Bonchev–Trinajstić information content (AvgIpc) is 2.98. The summed E-state index contributed by atoms with van der Waals surface area (Å²) in [6.45, 7) is 7.09. The molecule has 1 fully saturated rings. The van der Waals surface area contributed by atoms with Crippen molar-refractivity contribution in [3.8, 4) is 23.0 Å². The van der Waals surface area contributed by atoms with Crippen LogP contribution in [0.2, 0.25) is 0 Å². The van der Waals surface area contributed by atoms with E-state index in [0.29, 0.717) is 11.7 Å². The van der Waals surface area contributed by atoms with Gasteiger partial charge in [-0.05, 0) is 26.0 Å². The van der Waals surface area contributed by atoms with Gasteiger partial charge in [0, 0.05) is 49.5 Å². The Morgan fingerprint density at radius 2 is 1.50 bits per heavy atom. The maximum absolute atomic E-state index is 14.6. The molecule has 0 aliphatic carbocycles. The summed E-state index contributed by atoms with van der Waals surface area (Å²) in [5.74, 6) is -0.798. The highest BCUT2D eigenvalue weighted by Gasteiger charge is 2.30. The summed E-state index contributed by atoms with van der Waals surface area (Å²) in [4.78, 5) is 13.0. The Morgan fingerprint density at radius 1 is 0.900 bits per heavy atom. The maximum atomic E-state index is 14.6. The lowest BCUT2D eigenvalue weighted by Gasteiger charge is -2.44. The number of rotatable bonds is 11. The molecule has 0 amide bonds. The fraction of sp³-hybridized carbons (Fsp3) is 0.429. The Hall–Kier alpha value is -3.90. The molecule has 1 aliphatic rings. The normalized spacial score (nSPS) is 14.2. The highest BCUT2D eigenvalue weighted by Crippen LogP contribution is 2.34. The topological polar surface area (TPSA) is 101 Å². The number of aliphatic hydroxyl groups excluding tert-OH is 1. The van der Waals surface area contributed by atoms with E-state index in [1.54, 1.807) is 7.11 Å². The number of hydrogen-bond acceptors (Lipinski definition) is 10. The fourth-order valence-corrected chi connectivity index (χ4v) is 4.47. The van der Waals surface area contributed by atoms with Crippen LogP contribution in [0.4, 0.5) is 26.1 Å². The van der Waals surface area contributed by atoms with Crippen molar-refractivity contribution < 1.29 is 32.8 Å². The monoisotopic (exact) mass is 559 g/mol. The Balaban J connectivity index is 1.39. The molecule has 1 aromatic heterocycles. The third-order valence-corrected chi connectivity index (χ3v) is 6.98. The van der Waals surface area contributed by atoms with Gasteiger partial charge < -0.3 is 34.3 Å². The average molecular weight is 560 g/mol. The molecule has 216 valence electrons. The molecule has 0 unspecified atom stereocenters. The van der Waals surface area contributed by atoms with Crippen molar-refractivity contribution in [2.75, 3.05) is 64.3 Å². The second kappa shape index (κ2) is 12.5. The van der Waals surface area contributed by atoms with E-state index in [9.17, 15) is 13.9 Å². The molecule has 3 aromatic rings. The second-order valence-electron chi connectivity index (χ2n) is 9.87. The molecule has 0 spiro atoms. The summed E-state index contributed by atoms with van der Waals surface area (Å²) in [5, 5.41) is 12.8. The van der Waals surface area contributed by atoms with Crippen molar-refractivity contribution in [3.63, 3.8) is 0 Å². The molecule has 40 heavy (non-hydrogen) atoms. The smallest absolute Gasteiger partial charge is 0.227 e. The van der Waals surface area contributed by atoms with Gasteiger partial charge in [0.25, 0.3) is 0 Å². The molecular weight excluding hydrogens is 524 g/mol. The van der Waals surface area contributed by atoms with Gasteiger partial charge in [-0.25, -0.2) is 18.7 Å². The first-order valence-electron chi connectivity index (χ1n) is 12.8. The third kappa shape index (κ3) is 6.28. The summed E-state index contributed by atoms with van der Waals surface area (Å²) < 4.78 is 50.3. The number of piperazine rings is 1. The molecule has 2 N–H and O–H groups in total. The molecule has 4 rings (SSSR count). The van der Waals surface area contributed by atoms with E-state index in [1.807, 2.05) is 32.0 Å². The minimum atomic E-state index is -0.867. The number of aliphatic hydroxyl groups is 1. The standard InChI is InChI=1S/C28H35F2N5O5/c1-28(2,17-36)35-10-8-34(9-11-35)21-7-6-18(12-22(21)37-3)33-27-31-14-19(15-32-27)40-16-20-25(29)23(38-4)13-24(39-5)26(20)30/h6-7,12-15,36H,8-11,16-17H2,1-5H3,(H,31,32,33). The Labute approximate surface area is 232 Å². The van der Waals surface area contributed by atoms with Crippen LogP contribution in [-0.4, -0.2) is 79.6 Å². The number of anilines is 3. The summed E-state index contributed by atoms with van der Waals surface area (Å²) >= 11 is 0. The Kier molecular flexibility index (Phi) is 9.10. The van der Waals surface area contributed by atoms with E-state index >= 15 is 0 Å².